The van der Waals surface area contributed by atoms with Gasteiger partial charge >= 0.3 is 5.97 Å². The third-order valence-electron chi connectivity index (χ3n) is 7.35. The molecular weight excluding hydrogens is 422 g/mol. The van der Waals surface area contributed by atoms with E-state index in [1.807, 2.05) is 6.92 Å². The Labute approximate surface area is 198 Å². The van der Waals surface area contributed by atoms with Gasteiger partial charge in [0.25, 0.3) is 0 Å². The predicted octanol–water partition coefficient (Wildman–Crippen LogP) is 4.35. The van der Waals surface area contributed by atoms with Gasteiger partial charge in [-0.25, -0.2) is 0 Å². The molecule has 2 fully saturated rings. The molecule has 0 aromatic rings. The Morgan fingerprint density at radius 3 is 2.03 bits per heavy atom. The lowest BCUT2D eigenvalue weighted by atomic mass is 9.71. The van der Waals surface area contributed by atoms with Crippen molar-refractivity contribution in [2.75, 3.05) is 6.54 Å². The van der Waals surface area contributed by atoms with Crippen LogP contribution in [-0.4, -0.2) is 51.3 Å². The summed E-state index contributed by atoms with van der Waals surface area (Å²) in [7, 11) is 0. The molecule has 0 bridgehead atoms. The molecule has 4 atom stereocenters. The Bertz CT molecular complexity index is 660. The number of carboxylic acid groups (broad SMARTS) is 1. The number of rotatable bonds is 14. The number of carbonyl (C=O) groups excluding carboxylic acids is 3. The van der Waals surface area contributed by atoms with Gasteiger partial charge < -0.3 is 10.2 Å². The molecule has 2 amide bonds. The van der Waals surface area contributed by atoms with Crippen LogP contribution in [-0.2, 0) is 19.2 Å². The minimum absolute atomic E-state index is 0.0320. The van der Waals surface area contributed by atoms with Crippen molar-refractivity contribution in [1.29, 1.82) is 0 Å². The number of piperidine rings is 1. The van der Waals surface area contributed by atoms with Crippen LogP contribution < -0.4 is 0 Å². The number of likely N-dealkylation sites (tertiary alicyclic amines) is 1. The molecule has 1 saturated heterocycles. The van der Waals surface area contributed by atoms with E-state index in [1.54, 1.807) is 0 Å². The summed E-state index contributed by atoms with van der Waals surface area (Å²) in [4.78, 5) is 49.5. The lowest BCUT2D eigenvalue weighted by molar-refractivity contribution is -0.150. The Kier molecular flexibility index (Phi) is 11.5. The fourth-order valence-corrected chi connectivity index (χ4v) is 5.53. The standard InChI is InChI=1S/C26H43NO6/c1-18-13-19(2)26(33)21(14-18)22(28)15-20-16-23(29)27(24(30)17-20)12-10-8-6-4-3-5-7-9-11-25(31)32/h18-22,28H,3-17H2,1-2H3,(H,31,32)/t18-,19?,21?,22+/m0/s1. The molecule has 2 N–H and O–H groups in total. The highest BCUT2D eigenvalue weighted by atomic mass is 16.4. The van der Waals surface area contributed by atoms with E-state index >= 15 is 0 Å². The average molecular weight is 466 g/mol. The van der Waals surface area contributed by atoms with Crippen LogP contribution in [0, 0.1) is 23.7 Å². The highest BCUT2D eigenvalue weighted by Crippen LogP contribution is 2.35. The van der Waals surface area contributed by atoms with Crippen molar-refractivity contribution < 1.29 is 29.4 Å². The Morgan fingerprint density at radius 2 is 1.45 bits per heavy atom. The second kappa shape index (κ2) is 13.8. The molecule has 2 unspecified atom stereocenters. The first-order valence-corrected chi connectivity index (χ1v) is 13.0. The molecule has 0 spiro atoms. The maximum Gasteiger partial charge on any atom is 0.303 e. The van der Waals surface area contributed by atoms with Gasteiger partial charge in [-0.3, -0.25) is 24.1 Å². The van der Waals surface area contributed by atoms with Crippen molar-refractivity contribution in [3.05, 3.63) is 0 Å². The normalized spacial score (nSPS) is 25.5. The molecule has 1 aliphatic carbocycles. The van der Waals surface area contributed by atoms with Crippen molar-refractivity contribution in [2.24, 2.45) is 23.7 Å². The van der Waals surface area contributed by atoms with E-state index in [2.05, 4.69) is 6.92 Å². The van der Waals surface area contributed by atoms with Crippen LogP contribution in [0.2, 0.25) is 0 Å². The van der Waals surface area contributed by atoms with Crippen molar-refractivity contribution in [1.82, 2.24) is 4.90 Å². The van der Waals surface area contributed by atoms with Crippen LogP contribution in [0.3, 0.4) is 0 Å². The average Bonchev–Trinajstić information content (AvgIpc) is 2.73. The largest absolute Gasteiger partial charge is 0.481 e. The minimum Gasteiger partial charge on any atom is -0.481 e. The second-order valence-electron chi connectivity index (χ2n) is 10.5. The van der Waals surface area contributed by atoms with Gasteiger partial charge in [-0.2, -0.15) is 0 Å². The van der Waals surface area contributed by atoms with Gasteiger partial charge in [-0.05, 0) is 43.9 Å². The molecule has 0 aromatic heterocycles. The van der Waals surface area contributed by atoms with E-state index in [1.165, 1.54) is 4.90 Å². The monoisotopic (exact) mass is 465 g/mol. The number of Topliss-reactive ketones (excluding diaryl/α,β-unsaturated/α-hetero) is 1. The predicted molar refractivity (Wildman–Crippen MR) is 125 cm³/mol. The van der Waals surface area contributed by atoms with Gasteiger partial charge in [0.2, 0.25) is 11.8 Å². The highest BCUT2D eigenvalue weighted by molar-refractivity contribution is 5.97. The quantitative estimate of drug-likeness (QED) is 0.291. The summed E-state index contributed by atoms with van der Waals surface area (Å²) in [5.41, 5.74) is 0. The zero-order valence-electron chi connectivity index (χ0n) is 20.5. The maximum atomic E-state index is 12.6. The van der Waals surface area contributed by atoms with Crippen LogP contribution in [0.25, 0.3) is 0 Å². The molecule has 7 nitrogen and oxygen atoms in total. The molecule has 7 heteroatoms. The van der Waals surface area contributed by atoms with Crippen LogP contribution in [0.1, 0.15) is 104 Å². The van der Waals surface area contributed by atoms with Crippen LogP contribution in [0.4, 0.5) is 0 Å². The first-order valence-electron chi connectivity index (χ1n) is 13.0. The lowest BCUT2D eigenvalue weighted by Gasteiger charge is -2.36. The molecule has 1 heterocycles. The van der Waals surface area contributed by atoms with E-state index in [0.717, 1.165) is 57.8 Å². The van der Waals surface area contributed by atoms with E-state index in [0.29, 0.717) is 25.3 Å². The summed E-state index contributed by atoms with van der Waals surface area (Å²) >= 11 is 0. The third kappa shape index (κ3) is 9.19. The smallest absolute Gasteiger partial charge is 0.303 e. The summed E-state index contributed by atoms with van der Waals surface area (Å²) in [5.74, 6) is -1.10. The first-order chi connectivity index (χ1) is 15.7. The fourth-order valence-electron chi connectivity index (χ4n) is 5.53. The first kappa shape index (κ1) is 27.5. The number of carboxylic acids is 1. The lowest BCUT2D eigenvalue weighted by Crippen LogP contribution is -2.45. The number of nitrogens with zero attached hydrogens (tertiary/aromatic N) is 1. The van der Waals surface area contributed by atoms with Gasteiger partial charge in [0.05, 0.1) is 6.10 Å². The molecule has 2 rings (SSSR count). The number of aliphatic carboxylic acids is 1. The number of amides is 2. The molecule has 2 aliphatic rings. The van der Waals surface area contributed by atoms with E-state index in [-0.39, 0.29) is 54.6 Å². The minimum atomic E-state index is -0.774. The zero-order valence-corrected chi connectivity index (χ0v) is 20.5. The molecule has 0 radical (unpaired) electrons. The summed E-state index contributed by atoms with van der Waals surface area (Å²) in [6, 6.07) is 0. The Hall–Kier alpha value is -1.76. The van der Waals surface area contributed by atoms with Gasteiger partial charge in [-0.1, -0.05) is 52.4 Å². The molecular formula is C26H43NO6. The summed E-state index contributed by atoms with van der Waals surface area (Å²) in [6.45, 7) is 4.49. The summed E-state index contributed by atoms with van der Waals surface area (Å²) in [6.07, 6.45) is 9.64. The fraction of sp³-hybridized carbons (Fsp3) is 0.846. The molecule has 1 aliphatic heterocycles. The van der Waals surface area contributed by atoms with Gasteiger partial charge in [0, 0.05) is 37.6 Å². The second-order valence-corrected chi connectivity index (χ2v) is 10.5. The number of aliphatic hydroxyl groups excluding tert-OH is 1. The Balaban J connectivity index is 1.63. The van der Waals surface area contributed by atoms with Gasteiger partial charge in [0.15, 0.2) is 0 Å². The van der Waals surface area contributed by atoms with Crippen LogP contribution in [0.5, 0.6) is 0 Å². The van der Waals surface area contributed by atoms with Crippen molar-refractivity contribution in [3.8, 4) is 0 Å². The number of unbranched alkanes of at least 4 members (excludes halogenated alkanes) is 7. The number of carbonyl (C=O) groups is 4. The highest BCUT2D eigenvalue weighted by Gasteiger charge is 2.39. The Morgan fingerprint density at radius 1 is 0.909 bits per heavy atom. The maximum absolute atomic E-state index is 12.6. The van der Waals surface area contributed by atoms with Gasteiger partial charge in [0.1, 0.15) is 5.78 Å². The summed E-state index contributed by atoms with van der Waals surface area (Å²) in [5, 5.41) is 19.3. The van der Waals surface area contributed by atoms with Gasteiger partial charge in [-0.15, -0.1) is 0 Å². The van der Waals surface area contributed by atoms with E-state index < -0.39 is 12.1 Å². The molecule has 1 saturated carbocycles. The van der Waals surface area contributed by atoms with E-state index in [9.17, 15) is 24.3 Å². The number of aliphatic hydroxyl groups is 1. The van der Waals surface area contributed by atoms with Crippen molar-refractivity contribution in [3.63, 3.8) is 0 Å². The van der Waals surface area contributed by atoms with E-state index in [4.69, 9.17) is 5.11 Å². The van der Waals surface area contributed by atoms with Crippen molar-refractivity contribution >= 4 is 23.6 Å². The third-order valence-corrected chi connectivity index (χ3v) is 7.35. The number of hydrogen-bond donors (Lipinski definition) is 2. The topological polar surface area (TPSA) is 112 Å². The molecule has 188 valence electrons. The number of ketones is 1. The zero-order chi connectivity index (χ0) is 24.4. The summed E-state index contributed by atoms with van der Waals surface area (Å²) < 4.78 is 0. The van der Waals surface area contributed by atoms with Crippen LogP contribution in [0.15, 0.2) is 0 Å². The van der Waals surface area contributed by atoms with Crippen molar-refractivity contribution in [2.45, 2.75) is 110 Å². The number of hydrogen-bond acceptors (Lipinski definition) is 5. The SMILES string of the molecule is CC1C[C@H](C)CC([C@H](O)CC2CC(=O)N(CCCCCCCCCCC(=O)O)C(=O)C2)C1=O. The van der Waals surface area contributed by atoms with Crippen LogP contribution >= 0.6 is 0 Å². The number of imide groups is 1. The molecule has 0 aromatic carbocycles. The molecule has 33 heavy (non-hydrogen) atoms.